The fourth-order valence-electron chi connectivity index (χ4n) is 2.54. The lowest BCUT2D eigenvalue weighted by Crippen LogP contribution is -2.52. The maximum Gasteiger partial charge on any atom is 0.245 e. The molecule has 2 amide bonds. The molecule has 0 bridgehead atoms. The van der Waals surface area contributed by atoms with E-state index in [0.717, 1.165) is 37.4 Å². The Balaban J connectivity index is 2.01. The first-order chi connectivity index (χ1) is 8.61. The molecule has 102 valence electrons. The van der Waals surface area contributed by atoms with Crippen molar-refractivity contribution in [2.75, 3.05) is 31.1 Å². The van der Waals surface area contributed by atoms with Crippen molar-refractivity contribution in [3.05, 3.63) is 0 Å². The van der Waals surface area contributed by atoms with E-state index < -0.39 is 6.04 Å². The second-order valence-corrected chi connectivity index (χ2v) is 6.14. The normalized spacial score (nSPS) is 26.2. The number of amides is 2. The van der Waals surface area contributed by atoms with Crippen LogP contribution in [0.3, 0.4) is 0 Å². The Morgan fingerprint density at radius 1 is 1.28 bits per heavy atom. The molecule has 0 aromatic carbocycles. The first-order valence-corrected chi connectivity index (χ1v) is 7.69. The molecule has 2 saturated heterocycles. The van der Waals surface area contributed by atoms with Crippen LogP contribution in [0, 0.1) is 0 Å². The molecule has 6 heteroatoms. The van der Waals surface area contributed by atoms with Crippen LogP contribution in [0.25, 0.3) is 0 Å². The molecule has 0 aliphatic carbocycles. The predicted molar refractivity (Wildman–Crippen MR) is 72.3 cm³/mol. The Morgan fingerprint density at radius 3 is 2.56 bits per heavy atom. The molecule has 1 unspecified atom stereocenters. The van der Waals surface area contributed by atoms with Crippen LogP contribution in [0.2, 0.25) is 0 Å². The van der Waals surface area contributed by atoms with Gasteiger partial charge in [-0.2, -0.15) is 11.8 Å². The number of carbonyl (C=O) groups is 2. The zero-order chi connectivity index (χ0) is 13.1. The molecule has 2 fully saturated rings. The van der Waals surface area contributed by atoms with Crippen molar-refractivity contribution in [3.8, 4) is 0 Å². The molecule has 5 nitrogen and oxygen atoms in total. The number of thioether (sulfide) groups is 1. The summed E-state index contributed by atoms with van der Waals surface area (Å²) in [6.07, 6.45) is 1.68. The number of carbonyl (C=O) groups excluding carboxylic acids is 2. The lowest BCUT2D eigenvalue weighted by molar-refractivity contribution is -0.144. The molecule has 18 heavy (non-hydrogen) atoms. The van der Waals surface area contributed by atoms with Crippen LogP contribution in [0.5, 0.6) is 0 Å². The van der Waals surface area contributed by atoms with Crippen molar-refractivity contribution >= 4 is 23.6 Å². The van der Waals surface area contributed by atoms with Crippen molar-refractivity contribution < 1.29 is 9.59 Å². The number of hydrogen-bond acceptors (Lipinski definition) is 4. The first-order valence-electron chi connectivity index (χ1n) is 6.54. The SMILES string of the molecule is C[C@@H](N)C(=O)N1CCCC1C(=O)N1CCSCC1. The molecule has 2 rings (SSSR count). The Labute approximate surface area is 112 Å². The zero-order valence-electron chi connectivity index (χ0n) is 10.8. The molecule has 2 N–H and O–H groups in total. The predicted octanol–water partition coefficient (Wildman–Crippen LogP) is -0.1000. The van der Waals surface area contributed by atoms with E-state index >= 15 is 0 Å². The van der Waals surface area contributed by atoms with E-state index in [2.05, 4.69) is 0 Å². The highest BCUT2D eigenvalue weighted by Gasteiger charge is 2.37. The summed E-state index contributed by atoms with van der Waals surface area (Å²) in [5.74, 6) is 2.01. The number of likely N-dealkylation sites (tertiary alicyclic amines) is 1. The monoisotopic (exact) mass is 271 g/mol. The van der Waals surface area contributed by atoms with Gasteiger partial charge in [0.1, 0.15) is 6.04 Å². The van der Waals surface area contributed by atoms with Crippen LogP contribution in [0.1, 0.15) is 19.8 Å². The van der Waals surface area contributed by atoms with Gasteiger partial charge in [0.15, 0.2) is 0 Å². The van der Waals surface area contributed by atoms with Gasteiger partial charge in [-0.05, 0) is 19.8 Å². The van der Waals surface area contributed by atoms with E-state index in [1.807, 2.05) is 16.7 Å². The van der Waals surface area contributed by atoms with Crippen molar-refractivity contribution in [2.24, 2.45) is 5.73 Å². The minimum Gasteiger partial charge on any atom is -0.339 e. The minimum absolute atomic E-state index is 0.0998. The summed E-state index contributed by atoms with van der Waals surface area (Å²) in [6, 6.07) is -0.790. The highest BCUT2D eigenvalue weighted by molar-refractivity contribution is 7.99. The third kappa shape index (κ3) is 2.80. The summed E-state index contributed by atoms with van der Waals surface area (Å²) >= 11 is 1.88. The van der Waals surface area contributed by atoms with Gasteiger partial charge in [-0.15, -0.1) is 0 Å². The third-order valence-electron chi connectivity index (χ3n) is 3.53. The quantitative estimate of drug-likeness (QED) is 0.761. The van der Waals surface area contributed by atoms with Gasteiger partial charge in [0.25, 0.3) is 0 Å². The van der Waals surface area contributed by atoms with Crippen LogP contribution in [-0.2, 0) is 9.59 Å². The average Bonchev–Trinajstić information content (AvgIpc) is 2.87. The smallest absolute Gasteiger partial charge is 0.245 e. The molecule has 2 aliphatic rings. The van der Waals surface area contributed by atoms with Gasteiger partial charge in [-0.1, -0.05) is 0 Å². The van der Waals surface area contributed by atoms with Gasteiger partial charge < -0.3 is 15.5 Å². The summed E-state index contributed by atoms with van der Waals surface area (Å²) in [4.78, 5) is 28.0. The molecular weight excluding hydrogens is 250 g/mol. The summed E-state index contributed by atoms with van der Waals surface area (Å²) in [6.45, 7) is 3.96. The van der Waals surface area contributed by atoms with Crippen molar-refractivity contribution in [1.29, 1.82) is 0 Å². The highest BCUT2D eigenvalue weighted by Crippen LogP contribution is 2.21. The van der Waals surface area contributed by atoms with E-state index in [4.69, 9.17) is 5.73 Å². The number of hydrogen-bond donors (Lipinski definition) is 1. The highest BCUT2D eigenvalue weighted by atomic mass is 32.2. The number of rotatable bonds is 2. The van der Waals surface area contributed by atoms with Gasteiger partial charge in [-0.3, -0.25) is 9.59 Å². The minimum atomic E-state index is -0.518. The Hall–Kier alpha value is -0.750. The third-order valence-corrected chi connectivity index (χ3v) is 4.48. The summed E-state index contributed by atoms with van der Waals surface area (Å²) in [7, 11) is 0. The second kappa shape index (κ2) is 5.93. The molecule has 2 atom stereocenters. The van der Waals surface area contributed by atoms with E-state index in [1.54, 1.807) is 11.8 Å². The molecule has 2 heterocycles. The first kappa shape index (κ1) is 13.7. The maximum atomic E-state index is 12.4. The number of nitrogens with two attached hydrogens (primary N) is 1. The van der Waals surface area contributed by atoms with Gasteiger partial charge in [0.2, 0.25) is 11.8 Å². The van der Waals surface area contributed by atoms with Gasteiger partial charge in [0, 0.05) is 31.1 Å². The summed E-state index contributed by atoms with van der Waals surface area (Å²) in [5.41, 5.74) is 5.64. The Kier molecular flexibility index (Phi) is 4.50. The largest absolute Gasteiger partial charge is 0.339 e. The van der Waals surface area contributed by atoms with Crippen LogP contribution in [0.4, 0.5) is 0 Å². The molecule has 0 spiro atoms. The van der Waals surface area contributed by atoms with Crippen LogP contribution in [0.15, 0.2) is 0 Å². The van der Waals surface area contributed by atoms with E-state index in [-0.39, 0.29) is 17.9 Å². The van der Waals surface area contributed by atoms with E-state index in [9.17, 15) is 9.59 Å². The van der Waals surface area contributed by atoms with Crippen LogP contribution >= 0.6 is 11.8 Å². The Morgan fingerprint density at radius 2 is 1.94 bits per heavy atom. The van der Waals surface area contributed by atoms with Crippen molar-refractivity contribution in [2.45, 2.75) is 31.8 Å². The number of nitrogens with zero attached hydrogens (tertiary/aromatic N) is 2. The van der Waals surface area contributed by atoms with Crippen molar-refractivity contribution in [1.82, 2.24) is 9.80 Å². The van der Waals surface area contributed by atoms with Gasteiger partial charge >= 0.3 is 0 Å². The van der Waals surface area contributed by atoms with Gasteiger partial charge in [-0.25, -0.2) is 0 Å². The summed E-state index contributed by atoms with van der Waals surface area (Å²) < 4.78 is 0. The molecule has 0 aromatic heterocycles. The molecule has 0 saturated carbocycles. The average molecular weight is 271 g/mol. The lowest BCUT2D eigenvalue weighted by atomic mass is 10.1. The Bertz CT molecular complexity index is 329. The van der Waals surface area contributed by atoms with E-state index in [0.29, 0.717) is 6.54 Å². The van der Waals surface area contributed by atoms with E-state index in [1.165, 1.54) is 0 Å². The topological polar surface area (TPSA) is 66.6 Å². The molecule has 0 aromatic rings. The van der Waals surface area contributed by atoms with Crippen LogP contribution in [-0.4, -0.2) is 64.8 Å². The maximum absolute atomic E-state index is 12.4. The fourth-order valence-corrected chi connectivity index (χ4v) is 3.45. The van der Waals surface area contributed by atoms with Crippen LogP contribution < -0.4 is 5.73 Å². The molecular formula is C12H21N3O2S. The van der Waals surface area contributed by atoms with Crippen molar-refractivity contribution in [3.63, 3.8) is 0 Å². The molecule has 0 radical (unpaired) electrons. The lowest BCUT2D eigenvalue weighted by Gasteiger charge is -2.33. The second-order valence-electron chi connectivity index (χ2n) is 4.92. The molecule has 2 aliphatic heterocycles. The fraction of sp³-hybridized carbons (Fsp3) is 0.833. The zero-order valence-corrected chi connectivity index (χ0v) is 11.6. The summed E-state index contributed by atoms with van der Waals surface area (Å²) in [5, 5.41) is 0. The van der Waals surface area contributed by atoms with Gasteiger partial charge in [0.05, 0.1) is 6.04 Å². The standard InChI is InChI=1S/C12H21N3O2S/c1-9(13)11(16)15-4-2-3-10(15)12(17)14-5-7-18-8-6-14/h9-10H,2-8,13H2,1H3/t9-,10?/m1/s1.